The molecule has 0 radical (unpaired) electrons. The molecule has 3 nitrogen and oxygen atoms in total. The Morgan fingerprint density at radius 1 is 1.09 bits per heavy atom. The number of hydrogen-bond acceptors (Lipinski definition) is 3. The van der Waals surface area contributed by atoms with E-state index < -0.39 is 0 Å². The molecule has 0 saturated heterocycles. The predicted molar refractivity (Wildman–Crippen MR) is 91.4 cm³/mol. The maximum absolute atomic E-state index is 6.10. The Hall–Kier alpha value is -2.17. The van der Waals surface area contributed by atoms with Crippen molar-refractivity contribution < 1.29 is 0 Å². The van der Waals surface area contributed by atoms with Gasteiger partial charge in [-0.3, -0.25) is 0 Å². The predicted octanol–water partition coefficient (Wildman–Crippen LogP) is 4.86. The highest BCUT2D eigenvalue weighted by molar-refractivity contribution is 7.07. The lowest BCUT2D eigenvalue weighted by Gasteiger charge is -2.08. The Bertz CT molecular complexity index is 914. The van der Waals surface area contributed by atoms with Crippen LogP contribution in [0.5, 0.6) is 0 Å². The molecule has 4 rings (SSSR count). The molecule has 22 heavy (non-hydrogen) atoms. The van der Waals surface area contributed by atoms with E-state index in [1.165, 1.54) is 5.56 Å². The lowest BCUT2D eigenvalue weighted by molar-refractivity contribution is 0.831. The summed E-state index contributed by atoms with van der Waals surface area (Å²) in [6, 6.07) is 16.2. The molecule has 0 aliphatic heterocycles. The second-order valence-electron chi connectivity index (χ2n) is 5.01. The zero-order chi connectivity index (χ0) is 14.9. The number of rotatable bonds is 3. The molecule has 2 aromatic heterocycles. The normalized spacial score (nSPS) is 11.1. The molecule has 0 spiro atoms. The van der Waals surface area contributed by atoms with Gasteiger partial charge in [0.15, 0.2) is 5.82 Å². The summed E-state index contributed by atoms with van der Waals surface area (Å²) in [5.41, 5.74) is 5.92. The third-order valence-electron chi connectivity index (χ3n) is 3.56. The minimum absolute atomic E-state index is 0.696. The molecule has 0 atom stereocenters. The summed E-state index contributed by atoms with van der Waals surface area (Å²) in [6.45, 7) is 0.756. The fraction of sp³-hybridized carbons (Fsp3) is 0.0588. The van der Waals surface area contributed by atoms with E-state index in [9.17, 15) is 0 Å². The third kappa shape index (κ3) is 2.40. The summed E-state index contributed by atoms with van der Waals surface area (Å²) >= 11 is 7.67. The molecule has 0 N–H and O–H groups in total. The minimum Gasteiger partial charge on any atom is -0.318 e. The first-order chi connectivity index (χ1) is 10.8. The largest absolute Gasteiger partial charge is 0.318 e. The quantitative estimate of drug-likeness (QED) is 0.538. The topological polar surface area (TPSA) is 30.7 Å². The van der Waals surface area contributed by atoms with Crippen LogP contribution in [0.25, 0.3) is 22.6 Å². The van der Waals surface area contributed by atoms with Gasteiger partial charge in [-0.2, -0.15) is 0 Å². The molecule has 0 aliphatic rings. The van der Waals surface area contributed by atoms with Crippen LogP contribution in [0.1, 0.15) is 5.56 Å². The van der Waals surface area contributed by atoms with Crippen LogP contribution in [0.3, 0.4) is 0 Å². The fourth-order valence-electron chi connectivity index (χ4n) is 2.55. The van der Waals surface area contributed by atoms with Crippen molar-refractivity contribution in [1.29, 1.82) is 0 Å². The van der Waals surface area contributed by atoms with Crippen molar-refractivity contribution in [2.45, 2.75) is 6.54 Å². The van der Waals surface area contributed by atoms with Crippen molar-refractivity contribution in [2.24, 2.45) is 0 Å². The summed E-state index contributed by atoms with van der Waals surface area (Å²) in [6.07, 6.45) is 0. The van der Waals surface area contributed by atoms with E-state index in [2.05, 4.69) is 21.7 Å². The molecule has 5 heteroatoms. The van der Waals surface area contributed by atoms with Crippen LogP contribution in [0.15, 0.2) is 59.4 Å². The second kappa shape index (κ2) is 5.55. The number of thiazole rings is 1. The number of benzene rings is 2. The van der Waals surface area contributed by atoms with Gasteiger partial charge in [-0.15, -0.1) is 11.3 Å². The van der Waals surface area contributed by atoms with Crippen molar-refractivity contribution in [1.82, 2.24) is 14.5 Å². The van der Waals surface area contributed by atoms with Crippen molar-refractivity contribution in [2.75, 3.05) is 0 Å². The van der Waals surface area contributed by atoms with E-state index in [1.807, 2.05) is 47.3 Å². The van der Waals surface area contributed by atoms with E-state index in [4.69, 9.17) is 16.6 Å². The lowest BCUT2D eigenvalue weighted by atomic mass is 10.2. The van der Waals surface area contributed by atoms with Crippen LogP contribution in [0, 0.1) is 0 Å². The Kier molecular flexibility index (Phi) is 3.41. The number of nitrogens with zero attached hydrogens (tertiary/aromatic N) is 3. The van der Waals surface area contributed by atoms with Crippen LogP contribution in [-0.4, -0.2) is 14.5 Å². The molecule has 0 unspecified atom stereocenters. The summed E-state index contributed by atoms with van der Waals surface area (Å²) in [5.74, 6) is 0.877. The standard InChI is InChI=1S/C17H12ClN3S/c18-13-6-7-16-14(8-13)20-17(15-10-22-11-19-15)21(16)9-12-4-2-1-3-5-12/h1-8,10-11H,9H2. The van der Waals surface area contributed by atoms with Crippen LogP contribution < -0.4 is 0 Å². The van der Waals surface area contributed by atoms with Crippen LogP contribution in [0.2, 0.25) is 5.02 Å². The summed E-state index contributed by atoms with van der Waals surface area (Å²) < 4.78 is 2.19. The van der Waals surface area contributed by atoms with E-state index in [0.717, 1.165) is 29.1 Å². The Morgan fingerprint density at radius 2 is 1.95 bits per heavy atom. The van der Waals surface area contributed by atoms with Crippen LogP contribution >= 0.6 is 22.9 Å². The van der Waals surface area contributed by atoms with Crippen LogP contribution in [0.4, 0.5) is 0 Å². The van der Waals surface area contributed by atoms with Crippen molar-refractivity contribution in [3.8, 4) is 11.5 Å². The molecule has 0 amide bonds. The molecular weight excluding hydrogens is 314 g/mol. The average Bonchev–Trinajstić information content (AvgIpc) is 3.16. The first-order valence-corrected chi connectivity index (χ1v) is 8.21. The zero-order valence-corrected chi connectivity index (χ0v) is 13.2. The van der Waals surface area contributed by atoms with Crippen molar-refractivity contribution in [3.63, 3.8) is 0 Å². The molecular formula is C17H12ClN3S. The molecule has 0 bridgehead atoms. The maximum atomic E-state index is 6.10. The molecule has 4 aromatic rings. The Labute approximate surface area is 136 Å². The van der Waals surface area contributed by atoms with Gasteiger partial charge in [-0.1, -0.05) is 41.9 Å². The van der Waals surface area contributed by atoms with E-state index in [0.29, 0.717) is 5.02 Å². The van der Waals surface area contributed by atoms with Gasteiger partial charge in [0.25, 0.3) is 0 Å². The molecule has 2 aromatic carbocycles. The molecule has 0 fully saturated rings. The first-order valence-electron chi connectivity index (χ1n) is 6.89. The Balaban J connectivity index is 1.92. The number of hydrogen-bond donors (Lipinski definition) is 0. The van der Waals surface area contributed by atoms with E-state index >= 15 is 0 Å². The summed E-state index contributed by atoms with van der Waals surface area (Å²) in [4.78, 5) is 9.14. The zero-order valence-electron chi connectivity index (χ0n) is 11.6. The number of imidazole rings is 1. The lowest BCUT2D eigenvalue weighted by Crippen LogP contribution is -2.02. The highest BCUT2D eigenvalue weighted by atomic mass is 35.5. The maximum Gasteiger partial charge on any atom is 0.160 e. The molecule has 108 valence electrons. The van der Waals surface area contributed by atoms with E-state index in [1.54, 1.807) is 11.3 Å². The summed E-state index contributed by atoms with van der Waals surface area (Å²) in [7, 11) is 0. The van der Waals surface area contributed by atoms with Gasteiger partial charge in [0.2, 0.25) is 0 Å². The van der Waals surface area contributed by atoms with Crippen molar-refractivity contribution >= 4 is 34.0 Å². The highest BCUT2D eigenvalue weighted by Crippen LogP contribution is 2.27. The fourth-order valence-corrected chi connectivity index (χ4v) is 3.24. The highest BCUT2D eigenvalue weighted by Gasteiger charge is 2.14. The third-order valence-corrected chi connectivity index (χ3v) is 4.38. The van der Waals surface area contributed by atoms with Gasteiger partial charge in [-0.25, -0.2) is 9.97 Å². The Morgan fingerprint density at radius 3 is 2.73 bits per heavy atom. The van der Waals surface area contributed by atoms with Gasteiger partial charge in [0.05, 0.1) is 16.5 Å². The number of halogens is 1. The van der Waals surface area contributed by atoms with Gasteiger partial charge in [-0.05, 0) is 23.8 Å². The SMILES string of the molecule is Clc1ccc2c(c1)nc(-c1cscn1)n2Cc1ccccc1. The molecule has 0 saturated carbocycles. The monoisotopic (exact) mass is 325 g/mol. The second-order valence-corrected chi connectivity index (χ2v) is 6.17. The van der Waals surface area contributed by atoms with E-state index in [-0.39, 0.29) is 0 Å². The van der Waals surface area contributed by atoms with Crippen LogP contribution in [-0.2, 0) is 6.54 Å². The van der Waals surface area contributed by atoms with Gasteiger partial charge in [0, 0.05) is 16.9 Å². The van der Waals surface area contributed by atoms with Crippen molar-refractivity contribution in [3.05, 3.63) is 70.0 Å². The van der Waals surface area contributed by atoms with Gasteiger partial charge >= 0.3 is 0 Å². The summed E-state index contributed by atoms with van der Waals surface area (Å²) in [5, 5.41) is 2.71. The smallest absolute Gasteiger partial charge is 0.160 e. The average molecular weight is 326 g/mol. The number of fused-ring (bicyclic) bond motifs is 1. The molecule has 0 aliphatic carbocycles. The molecule has 2 heterocycles. The van der Waals surface area contributed by atoms with Gasteiger partial charge < -0.3 is 4.57 Å². The minimum atomic E-state index is 0.696. The first kappa shape index (κ1) is 13.5. The number of aromatic nitrogens is 3. The van der Waals surface area contributed by atoms with Gasteiger partial charge in [0.1, 0.15) is 5.69 Å².